The van der Waals surface area contributed by atoms with Crippen LogP contribution in [0.1, 0.15) is 54.9 Å². The Morgan fingerprint density at radius 1 is 1.07 bits per heavy atom. The fourth-order valence-corrected chi connectivity index (χ4v) is 7.09. The van der Waals surface area contributed by atoms with Crippen molar-refractivity contribution in [3.05, 3.63) is 106 Å². The van der Waals surface area contributed by atoms with Crippen LogP contribution < -0.4 is 24.4 Å². The molecule has 0 bridgehead atoms. The number of allylic oxidation sites excluding steroid dienone is 1. The molecule has 0 saturated heterocycles. The molecule has 224 valence electrons. The van der Waals surface area contributed by atoms with E-state index in [9.17, 15) is 9.59 Å². The number of ether oxygens (including phenoxy) is 3. The van der Waals surface area contributed by atoms with Crippen LogP contribution in [0.5, 0.6) is 11.5 Å². The largest absolute Gasteiger partial charge is 0.493 e. The van der Waals surface area contributed by atoms with Gasteiger partial charge in [0, 0.05) is 21.5 Å². The molecule has 0 fully saturated rings. The van der Waals surface area contributed by atoms with Crippen molar-refractivity contribution in [2.24, 2.45) is 4.99 Å². The zero-order valence-electron chi connectivity index (χ0n) is 25.3. The first-order valence-electron chi connectivity index (χ1n) is 14.0. The van der Waals surface area contributed by atoms with Gasteiger partial charge in [-0.15, -0.1) is 0 Å². The molecule has 1 aliphatic rings. The average molecular weight is 665 g/mol. The van der Waals surface area contributed by atoms with Gasteiger partial charge in [-0.2, -0.15) is 0 Å². The van der Waals surface area contributed by atoms with Gasteiger partial charge >= 0.3 is 5.97 Å². The Morgan fingerprint density at radius 3 is 2.51 bits per heavy atom. The van der Waals surface area contributed by atoms with Gasteiger partial charge in [0.25, 0.3) is 5.56 Å². The van der Waals surface area contributed by atoms with Crippen molar-refractivity contribution >= 4 is 39.3 Å². The lowest BCUT2D eigenvalue weighted by Gasteiger charge is -2.26. The number of rotatable bonds is 8. The predicted octanol–water partition coefficient (Wildman–Crippen LogP) is 5.68. The molecule has 0 saturated carbocycles. The highest BCUT2D eigenvalue weighted by molar-refractivity contribution is 9.10. The zero-order valence-corrected chi connectivity index (χ0v) is 27.7. The number of aryl methyl sites for hydroxylation is 2. The van der Waals surface area contributed by atoms with Crippen molar-refractivity contribution in [3.63, 3.8) is 0 Å². The SMILES string of the molecule is CCOC(=O)C1=C(C)N=c2s/c(=C\c3cc(C)n(-c4cccc(C)c4)c3C)c(=O)n2[C@@H]1c1cc(OC)c(OCC)cc1Br. The van der Waals surface area contributed by atoms with Crippen LogP contribution in [-0.2, 0) is 9.53 Å². The van der Waals surface area contributed by atoms with E-state index in [-0.39, 0.29) is 12.2 Å². The number of hydrogen-bond acceptors (Lipinski definition) is 7. The second-order valence-corrected chi connectivity index (χ2v) is 12.1. The van der Waals surface area contributed by atoms with Crippen LogP contribution in [0.2, 0.25) is 0 Å². The number of hydrogen-bond donors (Lipinski definition) is 0. The second-order valence-electron chi connectivity index (χ2n) is 10.3. The molecule has 0 aliphatic carbocycles. The van der Waals surface area contributed by atoms with E-state index >= 15 is 0 Å². The third-order valence-electron chi connectivity index (χ3n) is 7.41. The molecule has 8 nitrogen and oxygen atoms in total. The molecular weight excluding hydrogens is 630 g/mol. The Balaban J connectivity index is 1.73. The molecule has 0 amide bonds. The van der Waals surface area contributed by atoms with Crippen LogP contribution in [-0.4, -0.2) is 35.4 Å². The molecule has 3 heterocycles. The van der Waals surface area contributed by atoms with E-state index < -0.39 is 12.0 Å². The number of halogens is 1. The monoisotopic (exact) mass is 663 g/mol. The fraction of sp³-hybridized carbons (Fsp3) is 0.303. The van der Waals surface area contributed by atoms with E-state index in [0.29, 0.717) is 48.7 Å². The van der Waals surface area contributed by atoms with Crippen molar-refractivity contribution in [2.75, 3.05) is 20.3 Å². The Bertz CT molecular complexity index is 1950. The summed E-state index contributed by atoms with van der Waals surface area (Å²) in [6, 6.07) is 13.2. The van der Waals surface area contributed by atoms with Crippen LogP contribution in [0.25, 0.3) is 11.8 Å². The molecule has 10 heteroatoms. The lowest BCUT2D eigenvalue weighted by atomic mass is 9.95. The van der Waals surface area contributed by atoms with Gasteiger partial charge in [0.05, 0.1) is 42.2 Å². The summed E-state index contributed by atoms with van der Waals surface area (Å²) < 4.78 is 21.8. The maximum absolute atomic E-state index is 14.2. The van der Waals surface area contributed by atoms with Crippen LogP contribution >= 0.6 is 27.3 Å². The maximum Gasteiger partial charge on any atom is 0.338 e. The van der Waals surface area contributed by atoms with E-state index in [1.165, 1.54) is 16.9 Å². The minimum atomic E-state index is -0.795. The summed E-state index contributed by atoms with van der Waals surface area (Å²) in [4.78, 5) is 32.8. The minimum Gasteiger partial charge on any atom is -0.493 e. The fourth-order valence-electron chi connectivity index (χ4n) is 5.51. The maximum atomic E-state index is 14.2. The normalized spacial score (nSPS) is 14.9. The van der Waals surface area contributed by atoms with Crippen molar-refractivity contribution in [1.82, 2.24) is 9.13 Å². The number of aromatic nitrogens is 2. The van der Waals surface area contributed by atoms with Crippen LogP contribution in [0.15, 0.2) is 68.0 Å². The molecule has 0 radical (unpaired) electrons. The number of nitrogens with zero attached hydrogens (tertiary/aromatic N) is 3. The first-order valence-corrected chi connectivity index (χ1v) is 15.7. The van der Waals surface area contributed by atoms with Gasteiger partial charge in [-0.05, 0) is 94.6 Å². The van der Waals surface area contributed by atoms with Gasteiger partial charge in [-0.3, -0.25) is 9.36 Å². The Hall–Kier alpha value is -3.89. The highest BCUT2D eigenvalue weighted by Gasteiger charge is 2.35. The molecule has 4 aromatic rings. The number of esters is 1. The van der Waals surface area contributed by atoms with E-state index in [1.807, 2.05) is 26.0 Å². The summed E-state index contributed by atoms with van der Waals surface area (Å²) in [7, 11) is 1.56. The molecule has 43 heavy (non-hydrogen) atoms. The van der Waals surface area contributed by atoms with E-state index in [0.717, 1.165) is 22.6 Å². The van der Waals surface area contributed by atoms with Gasteiger partial charge in [-0.1, -0.05) is 39.4 Å². The van der Waals surface area contributed by atoms with Crippen molar-refractivity contribution in [2.45, 2.75) is 47.6 Å². The molecule has 1 atom stereocenters. The van der Waals surface area contributed by atoms with E-state index in [2.05, 4.69) is 58.6 Å². The molecule has 2 aromatic carbocycles. The third-order valence-corrected chi connectivity index (χ3v) is 9.08. The lowest BCUT2D eigenvalue weighted by molar-refractivity contribution is -0.139. The Labute approximate surface area is 262 Å². The number of fused-ring (bicyclic) bond motifs is 1. The van der Waals surface area contributed by atoms with Crippen molar-refractivity contribution in [1.29, 1.82) is 0 Å². The summed E-state index contributed by atoms with van der Waals surface area (Å²) in [5.41, 5.74) is 6.46. The van der Waals surface area contributed by atoms with Gasteiger partial charge in [-0.25, -0.2) is 9.79 Å². The first kappa shape index (κ1) is 30.6. The minimum absolute atomic E-state index is 0.192. The Kier molecular flexibility index (Phi) is 8.80. The van der Waals surface area contributed by atoms with Crippen LogP contribution in [0.4, 0.5) is 0 Å². The van der Waals surface area contributed by atoms with E-state index in [1.54, 1.807) is 37.7 Å². The first-order chi connectivity index (χ1) is 20.6. The molecule has 0 N–H and O–H groups in total. The summed E-state index contributed by atoms with van der Waals surface area (Å²) >= 11 is 4.97. The van der Waals surface area contributed by atoms with E-state index in [4.69, 9.17) is 19.2 Å². The van der Waals surface area contributed by atoms with Crippen LogP contribution in [0, 0.1) is 20.8 Å². The number of benzene rings is 2. The predicted molar refractivity (Wildman–Crippen MR) is 172 cm³/mol. The third kappa shape index (κ3) is 5.61. The highest BCUT2D eigenvalue weighted by Crippen LogP contribution is 2.41. The standard InChI is InChI=1S/C33H34BrN3O5S/c1-8-41-27-17-25(34)24(16-26(27)40-7)30-29(32(39)42-9-2)20(5)35-33-37(30)31(38)28(43-33)15-22-14-19(4)36(21(22)6)23-12-10-11-18(3)13-23/h10-17,30H,8-9H2,1-7H3/b28-15-/t30-/m1/s1. The van der Waals surface area contributed by atoms with Gasteiger partial charge in [0.2, 0.25) is 0 Å². The molecular formula is C33H34BrN3O5S. The van der Waals surface area contributed by atoms with Crippen LogP contribution in [0.3, 0.4) is 0 Å². The quantitative estimate of drug-likeness (QED) is 0.226. The summed E-state index contributed by atoms with van der Waals surface area (Å²) in [5.74, 6) is 0.517. The number of thiazole rings is 1. The molecule has 0 unspecified atom stereocenters. The Morgan fingerprint density at radius 2 is 1.84 bits per heavy atom. The van der Waals surface area contributed by atoms with Crippen molar-refractivity contribution < 1.29 is 19.0 Å². The molecule has 5 rings (SSSR count). The van der Waals surface area contributed by atoms with Gasteiger partial charge < -0.3 is 18.8 Å². The zero-order chi connectivity index (χ0) is 31.0. The number of carbonyl (C=O) groups excluding carboxylic acids is 1. The lowest BCUT2D eigenvalue weighted by Crippen LogP contribution is -2.40. The smallest absolute Gasteiger partial charge is 0.338 e. The topological polar surface area (TPSA) is 84.1 Å². The summed E-state index contributed by atoms with van der Waals surface area (Å²) in [6.07, 6.45) is 1.91. The molecule has 1 aliphatic heterocycles. The highest BCUT2D eigenvalue weighted by atomic mass is 79.9. The number of carbonyl (C=O) groups is 1. The van der Waals surface area contributed by atoms with Gasteiger partial charge in [0.15, 0.2) is 16.3 Å². The summed E-state index contributed by atoms with van der Waals surface area (Å²) in [5, 5.41) is 0. The van der Waals surface area contributed by atoms with Gasteiger partial charge in [0.1, 0.15) is 0 Å². The number of methoxy groups -OCH3 is 1. The summed E-state index contributed by atoms with van der Waals surface area (Å²) in [6.45, 7) is 12.2. The molecule has 0 spiro atoms. The molecule has 2 aromatic heterocycles. The average Bonchev–Trinajstić information content (AvgIpc) is 3.42. The van der Waals surface area contributed by atoms with Crippen molar-refractivity contribution in [3.8, 4) is 17.2 Å². The second kappa shape index (κ2) is 12.4.